The van der Waals surface area contributed by atoms with Crippen molar-refractivity contribution in [2.24, 2.45) is 0 Å². The Morgan fingerprint density at radius 1 is 1.25 bits per heavy atom. The van der Waals surface area contributed by atoms with E-state index in [4.69, 9.17) is 10.2 Å². The molecule has 0 saturated carbocycles. The quantitative estimate of drug-likeness (QED) is 0.746. The Labute approximate surface area is 124 Å². The predicted octanol–water partition coefficient (Wildman–Crippen LogP) is 3.48. The minimum Gasteiger partial charge on any atom is -0.440 e. The molecule has 7 heteroatoms. The van der Waals surface area contributed by atoms with Crippen LogP contribution in [0.4, 0.5) is 5.82 Å². The SMILES string of the molecule is Cc1coc(SCc2nc(N)c3c(C)c(C)sc3n2)n1. The van der Waals surface area contributed by atoms with Gasteiger partial charge in [-0.25, -0.2) is 15.0 Å². The molecule has 0 atom stereocenters. The summed E-state index contributed by atoms with van der Waals surface area (Å²) in [6.45, 7) is 6.02. The molecular formula is C13H14N4OS2. The number of nitrogens with zero attached hydrogens (tertiary/aromatic N) is 3. The Balaban J connectivity index is 1.89. The van der Waals surface area contributed by atoms with Crippen molar-refractivity contribution in [1.29, 1.82) is 0 Å². The lowest BCUT2D eigenvalue weighted by molar-refractivity contribution is 0.454. The van der Waals surface area contributed by atoms with Crippen molar-refractivity contribution in [1.82, 2.24) is 15.0 Å². The summed E-state index contributed by atoms with van der Waals surface area (Å²) in [7, 11) is 0. The second kappa shape index (κ2) is 5.06. The Bertz CT molecular complexity index is 778. The van der Waals surface area contributed by atoms with Crippen LogP contribution in [0.5, 0.6) is 0 Å². The fraction of sp³-hybridized carbons (Fsp3) is 0.308. The van der Waals surface area contributed by atoms with E-state index in [1.54, 1.807) is 17.6 Å². The van der Waals surface area contributed by atoms with Crippen molar-refractivity contribution in [2.75, 3.05) is 5.73 Å². The topological polar surface area (TPSA) is 77.8 Å². The van der Waals surface area contributed by atoms with Crippen LogP contribution in [0.15, 0.2) is 15.9 Å². The highest BCUT2D eigenvalue weighted by atomic mass is 32.2. The molecule has 5 nitrogen and oxygen atoms in total. The molecule has 2 N–H and O–H groups in total. The molecule has 0 fully saturated rings. The molecule has 3 heterocycles. The largest absolute Gasteiger partial charge is 0.440 e. The predicted molar refractivity (Wildman–Crippen MR) is 82.1 cm³/mol. The number of oxazole rings is 1. The third-order valence-corrected chi connectivity index (χ3v) is 4.96. The first-order valence-electron chi connectivity index (χ1n) is 6.11. The molecule has 3 aromatic heterocycles. The normalized spacial score (nSPS) is 11.3. The van der Waals surface area contributed by atoms with Crippen LogP contribution in [-0.2, 0) is 5.75 Å². The molecule has 0 aromatic carbocycles. The van der Waals surface area contributed by atoms with Gasteiger partial charge in [0, 0.05) is 4.88 Å². The van der Waals surface area contributed by atoms with E-state index >= 15 is 0 Å². The molecule has 20 heavy (non-hydrogen) atoms. The van der Waals surface area contributed by atoms with Crippen LogP contribution in [0.25, 0.3) is 10.2 Å². The molecule has 0 saturated heterocycles. The summed E-state index contributed by atoms with van der Waals surface area (Å²) in [5.41, 5.74) is 8.09. The van der Waals surface area contributed by atoms with Crippen LogP contribution in [-0.4, -0.2) is 15.0 Å². The molecule has 3 aromatic rings. The van der Waals surface area contributed by atoms with E-state index in [0.717, 1.165) is 15.9 Å². The number of aryl methyl sites for hydroxylation is 3. The van der Waals surface area contributed by atoms with E-state index in [1.807, 2.05) is 6.92 Å². The number of anilines is 1. The Morgan fingerprint density at radius 3 is 2.75 bits per heavy atom. The van der Waals surface area contributed by atoms with Gasteiger partial charge >= 0.3 is 0 Å². The molecule has 0 aliphatic heterocycles. The molecule has 0 aliphatic carbocycles. The maximum absolute atomic E-state index is 6.05. The Hall–Kier alpha value is -1.60. The highest BCUT2D eigenvalue weighted by Gasteiger charge is 2.13. The second-order valence-corrected chi connectivity index (χ2v) is 6.66. The number of hydrogen-bond donors (Lipinski definition) is 1. The van der Waals surface area contributed by atoms with Crippen molar-refractivity contribution in [2.45, 2.75) is 31.7 Å². The minimum atomic E-state index is 0.552. The third kappa shape index (κ3) is 2.38. The molecule has 104 valence electrons. The van der Waals surface area contributed by atoms with Crippen LogP contribution < -0.4 is 5.73 Å². The number of thioether (sulfide) groups is 1. The lowest BCUT2D eigenvalue weighted by atomic mass is 10.2. The van der Waals surface area contributed by atoms with Crippen molar-refractivity contribution >= 4 is 39.1 Å². The van der Waals surface area contributed by atoms with E-state index in [2.05, 4.69) is 28.8 Å². The zero-order valence-electron chi connectivity index (χ0n) is 11.4. The molecule has 0 radical (unpaired) electrons. The number of thiophene rings is 1. The molecule has 0 aliphatic rings. The standard InChI is InChI=1S/C13H14N4OS2/c1-6-4-18-13(15-6)19-5-9-16-11(14)10-7(2)8(3)20-12(10)17-9/h4H,5H2,1-3H3,(H2,14,16,17). The fourth-order valence-electron chi connectivity index (χ4n) is 1.92. The van der Waals surface area contributed by atoms with Gasteiger partial charge in [0.25, 0.3) is 5.22 Å². The van der Waals surface area contributed by atoms with Crippen molar-refractivity contribution in [3.63, 3.8) is 0 Å². The van der Waals surface area contributed by atoms with Crippen molar-refractivity contribution in [3.05, 3.63) is 28.2 Å². The molecule has 0 bridgehead atoms. The molecular weight excluding hydrogens is 292 g/mol. The summed E-state index contributed by atoms with van der Waals surface area (Å²) < 4.78 is 5.29. The maximum Gasteiger partial charge on any atom is 0.256 e. The lowest BCUT2D eigenvalue weighted by Gasteiger charge is -2.01. The smallest absolute Gasteiger partial charge is 0.256 e. The van der Waals surface area contributed by atoms with Gasteiger partial charge in [0.05, 0.1) is 16.8 Å². The summed E-state index contributed by atoms with van der Waals surface area (Å²) in [4.78, 5) is 15.4. The average molecular weight is 306 g/mol. The molecule has 3 rings (SSSR count). The first kappa shape index (κ1) is 13.4. The van der Waals surface area contributed by atoms with Crippen LogP contribution in [0.3, 0.4) is 0 Å². The van der Waals surface area contributed by atoms with Gasteiger partial charge in [0.15, 0.2) is 0 Å². The van der Waals surface area contributed by atoms with Crippen molar-refractivity contribution < 1.29 is 4.42 Å². The van der Waals surface area contributed by atoms with Gasteiger partial charge in [0.2, 0.25) is 0 Å². The van der Waals surface area contributed by atoms with Gasteiger partial charge in [-0.05, 0) is 26.3 Å². The summed E-state index contributed by atoms with van der Waals surface area (Å²) >= 11 is 3.12. The highest BCUT2D eigenvalue weighted by molar-refractivity contribution is 7.98. The van der Waals surface area contributed by atoms with Crippen LogP contribution in [0.1, 0.15) is 22.0 Å². The van der Waals surface area contributed by atoms with Gasteiger partial charge in [-0.15, -0.1) is 11.3 Å². The zero-order chi connectivity index (χ0) is 14.3. The highest BCUT2D eigenvalue weighted by Crippen LogP contribution is 2.32. The number of hydrogen-bond acceptors (Lipinski definition) is 7. The first-order valence-corrected chi connectivity index (χ1v) is 7.92. The van der Waals surface area contributed by atoms with Gasteiger partial charge in [-0.3, -0.25) is 0 Å². The van der Waals surface area contributed by atoms with Gasteiger partial charge in [-0.1, -0.05) is 11.8 Å². The summed E-state index contributed by atoms with van der Waals surface area (Å²) in [6.07, 6.45) is 1.63. The number of fused-ring (bicyclic) bond motifs is 1. The number of rotatable bonds is 3. The van der Waals surface area contributed by atoms with Gasteiger partial charge < -0.3 is 10.2 Å². The van der Waals surface area contributed by atoms with E-state index in [9.17, 15) is 0 Å². The molecule has 0 unspecified atom stereocenters. The number of aromatic nitrogens is 3. The fourth-order valence-corrected chi connectivity index (χ4v) is 3.68. The summed E-state index contributed by atoms with van der Waals surface area (Å²) in [6, 6.07) is 0. The molecule has 0 spiro atoms. The van der Waals surface area contributed by atoms with E-state index in [0.29, 0.717) is 22.6 Å². The lowest BCUT2D eigenvalue weighted by Crippen LogP contribution is -1.99. The Kier molecular flexibility index (Phi) is 3.39. The minimum absolute atomic E-state index is 0.552. The number of nitrogens with two attached hydrogens (primary N) is 1. The second-order valence-electron chi connectivity index (χ2n) is 4.53. The van der Waals surface area contributed by atoms with Crippen LogP contribution >= 0.6 is 23.1 Å². The van der Waals surface area contributed by atoms with E-state index in [-0.39, 0.29) is 0 Å². The van der Waals surface area contributed by atoms with Gasteiger partial charge in [-0.2, -0.15) is 0 Å². The Morgan fingerprint density at radius 2 is 2.05 bits per heavy atom. The summed E-state index contributed by atoms with van der Waals surface area (Å²) in [5.74, 6) is 1.85. The summed E-state index contributed by atoms with van der Waals surface area (Å²) in [5, 5.41) is 1.61. The van der Waals surface area contributed by atoms with E-state index in [1.165, 1.54) is 22.2 Å². The monoisotopic (exact) mass is 306 g/mol. The van der Waals surface area contributed by atoms with Gasteiger partial charge in [0.1, 0.15) is 22.7 Å². The number of nitrogen functional groups attached to an aromatic ring is 1. The molecule has 0 amide bonds. The van der Waals surface area contributed by atoms with E-state index < -0.39 is 0 Å². The van der Waals surface area contributed by atoms with Crippen LogP contribution in [0, 0.1) is 20.8 Å². The first-order chi connectivity index (χ1) is 9.54. The average Bonchev–Trinajstić information content (AvgIpc) is 2.92. The van der Waals surface area contributed by atoms with Crippen LogP contribution in [0.2, 0.25) is 0 Å². The maximum atomic E-state index is 6.05. The van der Waals surface area contributed by atoms with Crippen molar-refractivity contribution in [3.8, 4) is 0 Å². The third-order valence-electron chi connectivity index (χ3n) is 3.03. The zero-order valence-corrected chi connectivity index (χ0v) is 13.1.